The number of carbonyl (C=O) groups is 1. The highest BCUT2D eigenvalue weighted by atomic mass is 35.5. The second kappa shape index (κ2) is 8.67. The molecular weight excluding hydrogens is 314 g/mol. The second-order valence-corrected chi connectivity index (χ2v) is 6.60. The van der Waals surface area contributed by atoms with Gasteiger partial charge in [0.15, 0.2) is 0 Å². The van der Waals surface area contributed by atoms with E-state index in [1.807, 2.05) is 30.3 Å². The zero-order chi connectivity index (χ0) is 16.7. The van der Waals surface area contributed by atoms with Crippen LogP contribution in [0, 0.1) is 5.92 Å². The van der Waals surface area contributed by atoms with E-state index in [-0.39, 0.29) is 5.92 Å². The van der Waals surface area contributed by atoms with Crippen LogP contribution in [0.5, 0.6) is 0 Å². The number of hydrogen-bond acceptors (Lipinski definition) is 3. The third-order valence-electron chi connectivity index (χ3n) is 4.78. The fourth-order valence-electron chi connectivity index (χ4n) is 3.48. The Morgan fingerprint density at radius 1 is 1.39 bits per heavy atom. The molecule has 1 aliphatic rings. The number of unbranched alkanes of at least 4 members (excludes halogenated alkanes) is 1. The van der Waals surface area contributed by atoms with Crippen LogP contribution in [0.15, 0.2) is 30.3 Å². The van der Waals surface area contributed by atoms with Gasteiger partial charge in [-0.15, -0.1) is 0 Å². The van der Waals surface area contributed by atoms with E-state index in [9.17, 15) is 9.90 Å². The summed E-state index contributed by atoms with van der Waals surface area (Å²) in [4.78, 5) is 13.1. The third kappa shape index (κ3) is 4.69. The number of hydrogen-bond donors (Lipinski definition) is 1. The zero-order valence-electron chi connectivity index (χ0n) is 13.7. The van der Waals surface area contributed by atoms with Gasteiger partial charge in [0.1, 0.15) is 0 Å². The Hall–Kier alpha value is -1.10. The summed E-state index contributed by atoms with van der Waals surface area (Å²) in [5.41, 5.74) is -0.00806. The first-order valence-electron chi connectivity index (χ1n) is 8.29. The molecule has 23 heavy (non-hydrogen) atoms. The summed E-state index contributed by atoms with van der Waals surface area (Å²) in [5.74, 6) is 0.00361. The van der Waals surface area contributed by atoms with Crippen molar-refractivity contribution in [3.05, 3.63) is 35.9 Å². The molecule has 128 valence electrons. The van der Waals surface area contributed by atoms with E-state index < -0.39 is 11.0 Å². The summed E-state index contributed by atoms with van der Waals surface area (Å²) in [6.07, 6.45) is 4.23. The number of carbonyl (C=O) groups excluding carboxylic acids is 1. The van der Waals surface area contributed by atoms with Gasteiger partial charge in [-0.2, -0.15) is 0 Å². The Morgan fingerprint density at radius 3 is 2.78 bits per heavy atom. The smallest absolute Gasteiger partial charge is 0.316 e. The van der Waals surface area contributed by atoms with Crippen LogP contribution in [0.4, 0.5) is 4.79 Å². The lowest BCUT2D eigenvalue weighted by atomic mass is 9.74. The van der Waals surface area contributed by atoms with Gasteiger partial charge in [0.25, 0.3) is 0 Å². The Labute approximate surface area is 143 Å². The lowest BCUT2D eigenvalue weighted by Gasteiger charge is -2.42. The third-order valence-corrected chi connectivity index (χ3v) is 5.01. The van der Waals surface area contributed by atoms with Gasteiger partial charge in [0.05, 0.1) is 5.60 Å². The maximum Gasteiger partial charge on any atom is 0.316 e. The van der Waals surface area contributed by atoms with Crippen LogP contribution in [-0.2, 0) is 10.3 Å². The number of piperidine rings is 1. The van der Waals surface area contributed by atoms with Crippen molar-refractivity contribution in [3.8, 4) is 0 Å². The Kier molecular flexibility index (Phi) is 6.88. The number of rotatable bonds is 7. The van der Waals surface area contributed by atoms with Crippen molar-refractivity contribution in [1.29, 1.82) is 0 Å². The highest BCUT2D eigenvalue weighted by Gasteiger charge is 2.40. The highest BCUT2D eigenvalue weighted by Crippen LogP contribution is 2.39. The van der Waals surface area contributed by atoms with Gasteiger partial charge in [-0.25, -0.2) is 0 Å². The molecule has 1 fully saturated rings. The molecule has 1 aromatic carbocycles. The van der Waals surface area contributed by atoms with Crippen LogP contribution in [0.1, 0.15) is 37.7 Å². The molecule has 1 N–H and O–H groups in total. The molecule has 0 spiro atoms. The standard InChI is InChI=1S/C18H26ClNO3/c1-23-13-6-5-11-18(22,15-8-3-2-4-9-15)16-10-7-12-20(14-16)17(19)21/h2-4,8-9,16,22H,5-7,10-14H2,1H3/t16?,18-/m1/s1. The quantitative estimate of drug-likeness (QED) is 0.467. The zero-order valence-corrected chi connectivity index (χ0v) is 14.5. The van der Waals surface area contributed by atoms with Gasteiger partial charge in [-0.05, 0) is 49.3 Å². The molecule has 1 heterocycles. The molecule has 0 bridgehead atoms. The Morgan fingerprint density at radius 2 is 2.13 bits per heavy atom. The summed E-state index contributed by atoms with van der Waals surface area (Å²) in [7, 11) is 1.69. The molecule has 1 saturated heterocycles. The normalized spacial score (nSPS) is 21.0. The highest BCUT2D eigenvalue weighted by molar-refractivity contribution is 6.62. The minimum atomic E-state index is -0.931. The second-order valence-electron chi connectivity index (χ2n) is 6.28. The van der Waals surface area contributed by atoms with Gasteiger partial charge in [0.2, 0.25) is 0 Å². The molecule has 1 aromatic rings. The van der Waals surface area contributed by atoms with Crippen LogP contribution in [0.2, 0.25) is 0 Å². The summed E-state index contributed by atoms with van der Waals surface area (Å²) in [5, 5.41) is 11.1. The van der Waals surface area contributed by atoms with E-state index in [4.69, 9.17) is 16.3 Å². The van der Waals surface area contributed by atoms with E-state index in [0.29, 0.717) is 26.1 Å². The molecule has 1 aliphatic heterocycles. The molecule has 1 amide bonds. The fourth-order valence-corrected chi connectivity index (χ4v) is 3.63. The van der Waals surface area contributed by atoms with Crippen molar-refractivity contribution in [3.63, 3.8) is 0 Å². The van der Waals surface area contributed by atoms with E-state index in [2.05, 4.69) is 0 Å². The van der Waals surface area contributed by atoms with Crippen LogP contribution >= 0.6 is 11.6 Å². The molecule has 0 radical (unpaired) electrons. The van der Waals surface area contributed by atoms with Gasteiger partial charge < -0.3 is 14.7 Å². The number of amides is 1. The number of aliphatic hydroxyl groups is 1. The van der Waals surface area contributed by atoms with Crippen molar-refractivity contribution in [1.82, 2.24) is 4.90 Å². The average molecular weight is 340 g/mol. The van der Waals surface area contributed by atoms with E-state index >= 15 is 0 Å². The summed E-state index contributed by atoms with van der Waals surface area (Å²) >= 11 is 5.65. The number of nitrogens with zero attached hydrogens (tertiary/aromatic N) is 1. The molecule has 0 saturated carbocycles. The van der Waals surface area contributed by atoms with Crippen LogP contribution in [-0.4, -0.2) is 42.2 Å². The van der Waals surface area contributed by atoms with Crippen LogP contribution in [0.25, 0.3) is 0 Å². The lowest BCUT2D eigenvalue weighted by molar-refractivity contribution is -0.0552. The summed E-state index contributed by atoms with van der Waals surface area (Å²) in [6, 6.07) is 9.78. The average Bonchev–Trinajstić information content (AvgIpc) is 2.59. The number of methoxy groups -OCH3 is 1. The molecule has 5 heteroatoms. The Bertz CT molecular complexity index is 496. The summed E-state index contributed by atoms with van der Waals surface area (Å²) < 4.78 is 5.10. The van der Waals surface area contributed by atoms with Crippen molar-refractivity contribution in [2.45, 2.75) is 37.7 Å². The molecule has 4 nitrogen and oxygen atoms in total. The first kappa shape index (κ1) is 18.2. The minimum absolute atomic E-state index is 0.00361. The van der Waals surface area contributed by atoms with E-state index in [0.717, 1.165) is 31.2 Å². The van der Waals surface area contributed by atoms with E-state index in [1.54, 1.807) is 12.0 Å². The molecule has 2 rings (SSSR count). The minimum Gasteiger partial charge on any atom is -0.385 e. The largest absolute Gasteiger partial charge is 0.385 e. The van der Waals surface area contributed by atoms with E-state index in [1.165, 1.54) is 0 Å². The fraction of sp³-hybridized carbons (Fsp3) is 0.611. The monoisotopic (exact) mass is 339 g/mol. The van der Waals surface area contributed by atoms with Crippen molar-refractivity contribution in [2.75, 3.05) is 26.8 Å². The van der Waals surface area contributed by atoms with Gasteiger partial charge in [0, 0.05) is 32.7 Å². The lowest BCUT2D eigenvalue weighted by Crippen LogP contribution is -2.47. The van der Waals surface area contributed by atoms with Crippen molar-refractivity contribution < 1.29 is 14.6 Å². The van der Waals surface area contributed by atoms with Gasteiger partial charge in [-0.3, -0.25) is 4.79 Å². The molecule has 0 aliphatic carbocycles. The number of ether oxygens (including phenoxy) is 1. The Balaban J connectivity index is 2.17. The molecule has 2 atom stereocenters. The SMILES string of the molecule is COCCCC[C@@](O)(c1ccccc1)C1CCCN(C(=O)Cl)C1. The van der Waals surface area contributed by atoms with Crippen molar-refractivity contribution >= 4 is 17.0 Å². The maximum absolute atomic E-state index is 11.5. The van der Waals surface area contributed by atoms with Crippen LogP contribution < -0.4 is 0 Å². The first-order chi connectivity index (χ1) is 11.1. The molecule has 1 unspecified atom stereocenters. The molecule has 0 aromatic heterocycles. The van der Waals surface area contributed by atoms with Crippen LogP contribution in [0.3, 0.4) is 0 Å². The van der Waals surface area contributed by atoms with Crippen molar-refractivity contribution in [2.24, 2.45) is 5.92 Å². The number of benzene rings is 1. The predicted octanol–water partition coefficient (Wildman–Crippen LogP) is 3.76. The topological polar surface area (TPSA) is 49.8 Å². The van der Waals surface area contributed by atoms with Gasteiger partial charge in [-0.1, -0.05) is 30.3 Å². The summed E-state index contributed by atoms with van der Waals surface area (Å²) in [6.45, 7) is 1.88. The predicted molar refractivity (Wildman–Crippen MR) is 91.6 cm³/mol. The number of halogens is 1. The van der Waals surface area contributed by atoms with Gasteiger partial charge >= 0.3 is 5.37 Å². The number of likely N-dealkylation sites (tertiary alicyclic amines) is 1. The maximum atomic E-state index is 11.5. The first-order valence-corrected chi connectivity index (χ1v) is 8.67. The molecular formula is C18H26ClNO3.